The molecule has 0 unspecified atom stereocenters. The van der Waals surface area contributed by atoms with Gasteiger partial charge in [0.1, 0.15) is 6.61 Å². The van der Waals surface area contributed by atoms with Gasteiger partial charge in [0.05, 0.1) is 18.6 Å². The van der Waals surface area contributed by atoms with Crippen molar-refractivity contribution in [2.24, 2.45) is 0 Å². The maximum Gasteiger partial charge on any atom is 0.293 e. The van der Waals surface area contributed by atoms with Crippen LogP contribution in [0.1, 0.15) is 22.3 Å². The molecule has 0 spiro atoms. The average molecular weight is 480 g/mol. The number of carbonyl (C=O) groups is 2. The molecule has 1 saturated heterocycles. The molecule has 5 nitrogen and oxygen atoms in total. The van der Waals surface area contributed by atoms with E-state index >= 15 is 0 Å². The molecule has 1 aliphatic rings. The highest BCUT2D eigenvalue weighted by Crippen LogP contribution is 2.38. The number of hydrogen-bond donors (Lipinski definition) is 0. The van der Waals surface area contributed by atoms with E-state index in [1.165, 1.54) is 4.90 Å². The van der Waals surface area contributed by atoms with Crippen LogP contribution in [0, 0.1) is 6.92 Å². The predicted octanol–water partition coefficient (Wildman–Crippen LogP) is 6.47. The third-order valence-corrected chi connectivity index (χ3v) is 6.27. The number of para-hydroxylation sites is 1. The number of nitrogens with zero attached hydrogens (tertiary/aromatic N) is 1. The van der Waals surface area contributed by atoms with Crippen LogP contribution < -0.4 is 9.47 Å². The largest absolute Gasteiger partial charge is 0.493 e. The topological polar surface area (TPSA) is 55.8 Å². The first-order valence-electron chi connectivity index (χ1n) is 10.3. The third kappa shape index (κ3) is 5.41. The molecule has 1 heterocycles. The second-order valence-electron chi connectivity index (χ2n) is 7.55. The predicted molar refractivity (Wildman–Crippen MR) is 131 cm³/mol. The van der Waals surface area contributed by atoms with E-state index in [9.17, 15) is 9.59 Å². The lowest BCUT2D eigenvalue weighted by Crippen LogP contribution is -2.27. The molecular weight excluding hydrogens is 458 g/mol. The molecule has 7 heteroatoms. The van der Waals surface area contributed by atoms with Crippen molar-refractivity contribution in [3.05, 3.63) is 98.9 Å². The Balaban J connectivity index is 1.58. The molecule has 168 valence electrons. The molecular formula is C26H22ClNO4S. The summed E-state index contributed by atoms with van der Waals surface area (Å²) in [4.78, 5) is 27.2. The minimum absolute atomic E-state index is 0.238. The maximum atomic E-state index is 13.0. The number of methoxy groups -OCH3 is 1. The van der Waals surface area contributed by atoms with Crippen molar-refractivity contribution in [2.45, 2.75) is 20.1 Å². The van der Waals surface area contributed by atoms with E-state index in [4.69, 9.17) is 21.1 Å². The van der Waals surface area contributed by atoms with E-state index in [-0.39, 0.29) is 17.7 Å². The van der Waals surface area contributed by atoms with E-state index in [1.54, 1.807) is 31.4 Å². The smallest absolute Gasteiger partial charge is 0.293 e. The molecule has 33 heavy (non-hydrogen) atoms. The third-order valence-electron chi connectivity index (χ3n) is 5.11. The zero-order valence-corrected chi connectivity index (χ0v) is 19.8. The molecule has 0 bridgehead atoms. The van der Waals surface area contributed by atoms with E-state index in [0.717, 1.165) is 28.5 Å². The van der Waals surface area contributed by atoms with Crippen molar-refractivity contribution in [1.29, 1.82) is 0 Å². The van der Waals surface area contributed by atoms with Gasteiger partial charge in [0.15, 0.2) is 11.5 Å². The first-order valence-corrected chi connectivity index (χ1v) is 11.5. The molecule has 3 aromatic rings. The Morgan fingerprint density at radius 1 is 1.00 bits per heavy atom. The van der Waals surface area contributed by atoms with Gasteiger partial charge in [-0.05, 0) is 54.1 Å². The van der Waals surface area contributed by atoms with Gasteiger partial charge in [0.25, 0.3) is 11.1 Å². The Bertz CT molecular complexity index is 1220. The van der Waals surface area contributed by atoms with Crippen molar-refractivity contribution in [2.75, 3.05) is 7.11 Å². The van der Waals surface area contributed by atoms with E-state index in [2.05, 4.69) is 0 Å². The van der Waals surface area contributed by atoms with E-state index in [1.807, 2.05) is 55.5 Å². The quantitative estimate of drug-likeness (QED) is 0.363. The normalized spacial score (nSPS) is 14.8. The van der Waals surface area contributed by atoms with Crippen molar-refractivity contribution >= 4 is 40.6 Å². The highest BCUT2D eigenvalue weighted by atomic mass is 35.5. The Kier molecular flexibility index (Phi) is 7.06. The lowest BCUT2D eigenvalue weighted by Gasteiger charge is -2.14. The number of halogens is 1. The highest BCUT2D eigenvalue weighted by Gasteiger charge is 2.35. The van der Waals surface area contributed by atoms with Gasteiger partial charge >= 0.3 is 0 Å². The minimum Gasteiger partial charge on any atom is -0.493 e. The Labute approximate surface area is 202 Å². The Hall–Kier alpha value is -3.22. The van der Waals surface area contributed by atoms with Crippen LogP contribution in [0.5, 0.6) is 11.5 Å². The molecule has 0 aromatic heterocycles. The number of aryl methyl sites for hydroxylation is 1. The number of carbonyl (C=O) groups excluding carboxylic acids is 2. The van der Waals surface area contributed by atoms with Crippen LogP contribution in [0.2, 0.25) is 5.02 Å². The maximum absolute atomic E-state index is 13.0. The molecule has 0 atom stereocenters. The van der Waals surface area contributed by atoms with Gasteiger partial charge in [0, 0.05) is 10.6 Å². The van der Waals surface area contributed by atoms with Gasteiger partial charge in [-0.3, -0.25) is 14.5 Å². The van der Waals surface area contributed by atoms with Crippen LogP contribution in [0.4, 0.5) is 4.79 Å². The summed E-state index contributed by atoms with van der Waals surface area (Å²) in [5.41, 5.74) is 3.58. The molecule has 0 radical (unpaired) electrons. The first kappa shape index (κ1) is 23.0. The summed E-state index contributed by atoms with van der Waals surface area (Å²) in [7, 11) is 1.56. The molecule has 0 saturated carbocycles. The van der Waals surface area contributed by atoms with Gasteiger partial charge < -0.3 is 9.47 Å². The molecule has 0 N–H and O–H groups in total. The Morgan fingerprint density at radius 3 is 2.48 bits per heavy atom. The van der Waals surface area contributed by atoms with Crippen molar-refractivity contribution in [3.8, 4) is 11.5 Å². The fourth-order valence-electron chi connectivity index (χ4n) is 3.47. The number of imide groups is 1. The van der Waals surface area contributed by atoms with Crippen LogP contribution in [0.15, 0.2) is 71.6 Å². The number of amides is 2. The van der Waals surface area contributed by atoms with Gasteiger partial charge in [-0.15, -0.1) is 0 Å². The standard InChI is InChI=1S/C26H22ClNO4S/c1-17-5-3-6-19(13-17)15-28-25(29)23(33-26(28)30)14-20-7-4-8-22(31-2)24(20)32-16-18-9-11-21(27)12-10-18/h3-14H,15-16H2,1-2H3/b23-14+. The summed E-state index contributed by atoms with van der Waals surface area (Å²) in [6.45, 7) is 2.51. The number of thioether (sulfide) groups is 1. The van der Waals surface area contributed by atoms with Gasteiger partial charge in [-0.1, -0.05) is 65.7 Å². The van der Waals surface area contributed by atoms with Gasteiger partial charge in [-0.25, -0.2) is 0 Å². The molecule has 1 fully saturated rings. The van der Waals surface area contributed by atoms with Gasteiger partial charge in [0.2, 0.25) is 0 Å². The number of rotatable bonds is 7. The zero-order chi connectivity index (χ0) is 23.4. The fourth-order valence-corrected chi connectivity index (χ4v) is 4.42. The summed E-state index contributed by atoms with van der Waals surface area (Å²) in [6, 6.07) is 20.6. The molecule has 1 aliphatic heterocycles. The number of hydrogen-bond acceptors (Lipinski definition) is 5. The summed E-state index contributed by atoms with van der Waals surface area (Å²) in [6.07, 6.45) is 1.68. The lowest BCUT2D eigenvalue weighted by molar-refractivity contribution is -0.123. The number of ether oxygens (including phenoxy) is 2. The summed E-state index contributed by atoms with van der Waals surface area (Å²) in [5.74, 6) is 0.718. The molecule has 0 aliphatic carbocycles. The Morgan fingerprint density at radius 2 is 1.76 bits per heavy atom. The summed E-state index contributed by atoms with van der Waals surface area (Å²) in [5, 5.41) is 0.359. The molecule has 3 aromatic carbocycles. The van der Waals surface area contributed by atoms with Crippen molar-refractivity contribution in [1.82, 2.24) is 4.90 Å². The second-order valence-corrected chi connectivity index (χ2v) is 8.98. The fraction of sp³-hybridized carbons (Fsp3) is 0.154. The number of benzene rings is 3. The van der Waals surface area contributed by atoms with Crippen LogP contribution in [0.3, 0.4) is 0 Å². The second kappa shape index (κ2) is 10.1. The van der Waals surface area contributed by atoms with Crippen LogP contribution >= 0.6 is 23.4 Å². The van der Waals surface area contributed by atoms with Crippen LogP contribution in [-0.4, -0.2) is 23.2 Å². The van der Waals surface area contributed by atoms with Crippen molar-refractivity contribution < 1.29 is 19.1 Å². The highest BCUT2D eigenvalue weighted by molar-refractivity contribution is 8.18. The minimum atomic E-state index is -0.321. The average Bonchev–Trinajstić information content (AvgIpc) is 3.06. The summed E-state index contributed by atoms with van der Waals surface area (Å²) >= 11 is 6.88. The van der Waals surface area contributed by atoms with Gasteiger partial charge in [-0.2, -0.15) is 0 Å². The first-order chi connectivity index (χ1) is 15.9. The monoisotopic (exact) mass is 479 g/mol. The SMILES string of the molecule is COc1cccc(/C=C2/SC(=O)N(Cc3cccc(C)c3)C2=O)c1OCc1ccc(Cl)cc1. The van der Waals surface area contributed by atoms with Crippen LogP contribution in [-0.2, 0) is 17.9 Å². The van der Waals surface area contributed by atoms with Crippen LogP contribution in [0.25, 0.3) is 6.08 Å². The lowest BCUT2D eigenvalue weighted by atomic mass is 10.1. The molecule has 4 rings (SSSR count). The molecule has 2 amide bonds. The van der Waals surface area contributed by atoms with E-state index < -0.39 is 0 Å². The summed E-state index contributed by atoms with van der Waals surface area (Å²) < 4.78 is 11.5. The van der Waals surface area contributed by atoms with Crippen molar-refractivity contribution in [3.63, 3.8) is 0 Å². The van der Waals surface area contributed by atoms with E-state index in [0.29, 0.717) is 33.6 Å². The zero-order valence-electron chi connectivity index (χ0n) is 18.2.